The van der Waals surface area contributed by atoms with Crippen LogP contribution in [0.25, 0.3) is 0 Å². The summed E-state index contributed by atoms with van der Waals surface area (Å²) in [4.78, 5) is 27.1. The summed E-state index contributed by atoms with van der Waals surface area (Å²) in [6.07, 6.45) is 4.23. The van der Waals surface area contributed by atoms with Gasteiger partial charge in [-0.25, -0.2) is 0 Å². The fraction of sp³-hybridized carbons (Fsp3) is 0.630. The van der Waals surface area contributed by atoms with Crippen LogP contribution in [0.5, 0.6) is 0 Å². The Bertz CT molecular complexity index is 963. The van der Waals surface area contributed by atoms with Crippen LogP contribution >= 0.6 is 0 Å². The second-order valence-corrected chi connectivity index (χ2v) is 11.8. The first kappa shape index (κ1) is 20.0. The molecule has 0 aromatic heterocycles. The summed E-state index contributed by atoms with van der Waals surface area (Å²) in [6, 6.07) is 10.4. The molecule has 3 heteroatoms. The van der Waals surface area contributed by atoms with Gasteiger partial charge in [-0.3, -0.25) is 9.59 Å². The van der Waals surface area contributed by atoms with Crippen molar-refractivity contribution in [3.63, 3.8) is 0 Å². The molecule has 0 radical (unpaired) electrons. The van der Waals surface area contributed by atoms with Gasteiger partial charge in [0, 0.05) is 17.4 Å². The zero-order chi connectivity index (χ0) is 21.7. The van der Waals surface area contributed by atoms with Gasteiger partial charge in [0.2, 0.25) is 0 Å². The quantitative estimate of drug-likeness (QED) is 0.550. The molecular weight excluding hydrogens is 372 g/mol. The molecule has 0 saturated heterocycles. The summed E-state index contributed by atoms with van der Waals surface area (Å²) in [5, 5.41) is 0. The van der Waals surface area contributed by atoms with Gasteiger partial charge < -0.3 is 4.74 Å². The first-order valence-electron chi connectivity index (χ1n) is 11.5. The van der Waals surface area contributed by atoms with Crippen LogP contribution in [-0.2, 0) is 14.3 Å². The van der Waals surface area contributed by atoms with E-state index in [2.05, 4.69) is 38.1 Å². The van der Waals surface area contributed by atoms with Crippen molar-refractivity contribution in [2.24, 2.45) is 28.1 Å². The van der Waals surface area contributed by atoms with E-state index in [-0.39, 0.29) is 28.5 Å². The highest BCUT2D eigenvalue weighted by molar-refractivity contribution is 6.19. The lowest BCUT2D eigenvalue weighted by atomic mass is 9.42. The molecule has 1 aromatic rings. The van der Waals surface area contributed by atoms with E-state index in [1.54, 1.807) is 13.8 Å². The van der Waals surface area contributed by atoms with E-state index in [0.717, 1.165) is 24.3 Å². The highest BCUT2D eigenvalue weighted by Gasteiger charge is 2.67. The molecule has 4 atom stereocenters. The molecule has 3 saturated carbocycles. The number of carbonyl (C=O) groups excluding carboxylic acids is 2. The van der Waals surface area contributed by atoms with Gasteiger partial charge in [-0.05, 0) is 70.3 Å². The molecular formula is C27H34O3. The molecule has 1 spiro atoms. The molecule has 0 N–H and O–H groups in total. The minimum Gasteiger partial charge on any atom is -0.490 e. The zero-order valence-electron chi connectivity index (χ0n) is 19.2. The Balaban J connectivity index is 1.72. The van der Waals surface area contributed by atoms with Gasteiger partial charge in [0.25, 0.3) is 0 Å². The first-order valence-corrected chi connectivity index (χ1v) is 11.5. The number of rotatable bonds is 1. The van der Waals surface area contributed by atoms with Crippen LogP contribution in [0.2, 0.25) is 0 Å². The lowest BCUT2D eigenvalue weighted by molar-refractivity contribution is -0.227. The smallest absolute Gasteiger partial charge is 0.175 e. The van der Waals surface area contributed by atoms with Gasteiger partial charge in [-0.1, -0.05) is 44.2 Å². The number of hydrogen-bond donors (Lipinski definition) is 0. The van der Waals surface area contributed by atoms with Gasteiger partial charge in [0.05, 0.1) is 10.8 Å². The summed E-state index contributed by atoms with van der Waals surface area (Å²) >= 11 is 0. The van der Waals surface area contributed by atoms with E-state index in [9.17, 15) is 9.59 Å². The molecule has 0 amide bonds. The second-order valence-electron chi connectivity index (χ2n) is 11.8. The van der Waals surface area contributed by atoms with E-state index in [4.69, 9.17) is 4.74 Å². The lowest BCUT2D eigenvalue weighted by Gasteiger charge is -2.67. The number of hydrogen-bond acceptors (Lipinski definition) is 3. The van der Waals surface area contributed by atoms with Gasteiger partial charge in [-0.2, -0.15) is 0 Å². The Hall–Kier alpha value is -1.90. The van der Waals surface area contributed by atoms with Crippen LogP contribution in [0, 0.1) is 28.1 Å². The molecule has 30 heavy (non-hydrogen) atoms. The van der Waals surface area contributed by atoms with Crippen molar-refractivity contribution >= 4 is 11.6 Å². The number of ether oxygens (including phenoxy) is 1. The van der Waals surface area contributed by atoms with Crippen molar-refractivity contribution in [3.05, 3.63) is 47.2 Å². The Kier molecular flexibility index (Phi) is 3.92. The second kappa shape index (κ2) is 5.87. The fourth-order valence-electron chi connectivity index (χ4n) is 7.28. The third-order valence-electron chi connectivity index (χ3n) is 9.19. The van der Waals surface area contributed by atoms with Gasteiger partial charge in [-0.15, -0.1) is 0 Å². The number of Topliss-reactive ketones (excluding diaryl/α,β-unsaturated/α-hetero) is 2. The summed E-state index contributed by atoms with van der Waals surface area (Å²) in [6.45, 7) is 12.2. The summed E-state index contributed by atoms with van der Waals surface area (Å²) in [5.74, 6) is 1.82. The van der Waals surface area contributed by atoms with Crippen molar-refractivity contribution in [1.29, 1.82) is 0 Å². The Labute approximate surface area is 180 Å². The molecule has 5 aliphatic rings. The van der Waals surface area contributed by atoms with Gasteiger partial charge in [0.1, 0.15) is 11.4 Å². The topological polar surface area (TPSA) is 43.4 Å². The third-order valence-corrected chi connectivity index (χ3v) is 9.19. The maximum Gasteiger partial charge on any atom is 0.175 e. The van der Waals surface area contributed by atoms with Gasteiger partial charge in [0.15, 0.2) is 11.6 Å². The molecule has 4 aliphatic carbocycles. The Morgan fingerprint density at radius 2 is 1.60 bits per heavy atom. The van der Waals surface area contributed by atoms with Crippen molar-refractivity contribution < 1.29 is 14.3 Å². The molecule has 3 nitrogen and oxygen atoms in total. The lowest BCUT2D eigenvalue weighted by Crippen LogP contribution is -2.65. The standard InChI is InChI=1S/C27H34O3/c1-24(2)17-12-13-27(19(24)14-17)15-18(16-10-8-7-9-11-16)20-21(28)25(3,4)23(29)26(5,6)22(20)30-27/h7-11,17-19H,12-15H2,1-6H3/t17-,18-,19+,27+/m0/s1. The van der Waals surface area contributed by atoms with Crippen LogP contribution < -0.4 is 0 Å². The van der Waals surface area contributed by atoms with Crippen LogP contribution in [0.1, 0.15) is 78.7 Å². The minimum atomic E-state index is -1.02. The van der Waals surface area contributed by atoms with E-state index in [0.29, 0.717) is 11.7 Å². The van der Waals surface area contributed by atoms with Crippen molar-refractivity contribution in [3.8, 4) is 0 Å². The summed E-state index contributed by atoms with van der Waals surface area (Å²) in [7, 11) is 0. The molecule has 6 rings (SSSR count). The molecule has 1 aromatic carbocycles. The van der Waals surface area contributed by atoms with E-state index in [1.807, 2.05) is 19.9 Å². The molecule has 2 bridgehead atoms. The fourth-order valence-corrected chi connectivity index (χ4v) is 7.28. The largest absolute Gasteiger partial charge is 0.490 e. The number of fused-ring (bicyclic) bond motifs is 1. The maximum atomic E-state index is 13.7. The minimum absolute atomic E-state index is 0.0120. The van der Waals surface area contributed by atoms with Crippen molar-refractivity contribution in [1.82, 2.24) is 0 Å². The first-order chi connectivity index (χ1) is 13.9. The van der Waals surface area contributed by atoms with Crippen LogP contribution in [-0.4, -0.2) is 17.2 Å². The number of benzene rings is 1. The molecule has 0 unspecified atom stereocenters. The monoisotopic (exact) mass is 406 g/mol. The van der Waals surface area contributed by atoms with Crippen LogP contribution in [0.3, 0.4) is 0 Å². The Morgan fingerprint density at radius 3 is 2.20 bits per heavy atom. The molecule has 160 valence electrons. The van der Waals surface area contributed by atoms with Crippen LogP contribution in [0.4, 0.5) is 0 Å². The SMILES string of the molecule is CC1(C)C(=O)C2=C(O[C@]3(CC[C@H]4C[C@@H]3C4(C)C)C[C@H]2c2ccccc2)C(C)(C)C1=O. The van der Waals surface area contributed by atoms with E-state index in [1.165, 1.54) is 18.4 Å². The molecule has 1 heterocycles. The molecule has 3 fully saturated rings. The van der Waals surface area contributed by atoms with Gasteiger partial charge >= 0.3 is 0 Å². The number of ketones is 2. The van der Waals surface area contributed by atoms with Crippen molar-refractivity contribution in [2.45, 2.75) is 78.7 Å². The average molecular weight is 407 g/mol. The van der Waals surface area contributed by atoms with E-state index < -0.39 is 10.8 Å². The zero-order valence-corrected chi connectivity index (χ0v) is 19.2. The van der Waals surface area contributed by atoms with E-state index >= 15 is 0 Å². The molecule has 1 aliphatic heterocycles. The predicted molar refractivity (Wildman–Crippen MR) is 117 cm³/mol. The van der Waals surface area contributed by atoms with Crippen molar-refractivity contribution in [2.75, 3.05) is 0 Å². The highest BCUT2D eigenvalue weighted by atomic mass is 16.5. The number of allylic oxidation sites excluding steroid dienone is 2. The predicted octanol–water partition coefficient (Wildman–Crippen LogP) is 5.84. The normalized spacial score (nSPS) is 38.0. The average Bonchev–Trinajstić information content (AvgIpc) is 2.71. The van der Waals surface area contributed by atoms with Crippen LogP contribution in [0.15, 0.2) is 41.7 Å². The third kappa shape index (κ3) is 2.32. The Morgan fingerprint density at radius 1 is 0.933 bits per heavy atom. The highest BCUT2D eigenvalue weighted by Crippen LogP contribution is 2.68. The summed E-state index contributed by atoms with van der Waals surface area (Å²) in [5.41, 5.74) is 0.0803. The number of carbonyl (C=O) groups is 2. The maximum absolute atomic E-state index is 13.7. The summed E-state index contributed by atoms with van der Waals surface area (Å²) < 4.78 is 6.94.